The number of aromatic nitrogens is 2. The smallest absolute Gasteiger partial charge is 0.255 e. The van der Waals surface area contributed by atoms with Gasteiger partial charge < -0.3 is 4.90 Å². The van der Waals surface area contributed by atoms with E-state index < -0.39 is 15.6 Å². The van der Waals surface area contributed by atoms with E-state index in [2.05, 4.69) is 9.97 Å². The van der Waals surface area contributed by atoms with Crippen LogP contribution >= 0.6 is 0 Å². The molecule has 7 nitrogen and oxygen atoms in total. The van der Waals surface area contributed by atoms with E-state index in [-0.39, 0.29) is 12.5 Å². The maximum Gasteiger partial charge on any atom is 0.255 e. The SMILES string of the molecule is O=C(c1cccnc1)N1CCC2(C1)c1ccccc1S(=O)(=O)N2Cc1cccnc1. The lowest BCUT2D eigenvalue weighted by Gasteiger charge is -2.34. The van der Waals surface area contributed by atoms with Gasteiger partial charge >= 0.3 is 0 Å². The van der Waals surface area contributed by atoms with Crippen LogP contribution in [-0.2, 0) is 22.1 Å². The first-order valence-corrected chi connectivity index (χ1v) is 11.2. The molecular weight excluding hydrogens is 400 g/mol. The number of carbonyl (C=O) groups excluding carboxylic acids is 1. The molecule has 8 heteroatoms. The zero-order valence-corrected chi connectivity index (χ0v) is 17.0. The predicted molar refractivity (Wildman–Crippen MR) is 110 cm³/mol. The molecule has 2 aliphatic rings. The highest BCUT2D eigenvalue weighted by molar-refractivity contribution is 7.89. The Bertz CT molecular complexity index is 1200. The quantitative estimate of drug-likeness (QED) is 0.650. The maximum absolute atomic E-state index is 13.5. The highest BCUT2D eigenvalue weighted by atomic mass is 32.2. The number of benzene rings is 1. The first-order chi connectivity index (χ1) is 14.5. The van der Waals surface area contributed by atoms with Crippen LogP contribution < -0.4 is 0 Å². The summed E-state index contributed by atoms with van der Waals surface area (Å²) < 4.78 is 28.5. The van der Waals surface area contributed by atoms with Crippen molar-refractivity contribution in [1.29, 1.82) is 0 Å². The van der Waals surface area contributed by atoms with Gasteiger partial charge in [0.1, 0.15) is 0 Å². The third-order valence-corrected chi connectivity index (χ3v) is 7.90. The number of likely N-dealkylation sites (tertiary alicyclic amines) is 1. The molecule has 1 atom stereocenters. The van der Waals surface area contributed by atoms with Crippen LogP contribution in [0, 0.1) is 0 Å². The number of rotatable bonds is 3. The van der Waals surface area contributed by atoms with Crippen molar-refractivity contribution in [2.75, 3.05) is 13.1 Å². The molecule has 1 unspecified atom stereocenters. The molecule has 2 aliphatic heterocycles. The van der Waals surface area contributed by atoms with Gasteiger partial charge in [-0.15, -0.1) is 0 Å². The van der Waals surface area contributed by atoms with Crippen LogP contribution in [0.15, 0.2) is 78.2 Å². The molecule has 0 bridgehead atoms. The van der Waals surface area contributed by atoms with Crippen LogP contribution in [0.1, 0.15) is 27.9 Å². The fourth-order valence-corrected chi connectivity index (χ4v) is 6.57. The summed E-state index contributed by atoms with van der Waals surface area (Å²) in [6.07, 6.45) is 7.04. The summed E-state index contributed by atoms with van der Waals surface area (Å²) in [5.74, 6) is -0.136. The highest BCUT2D eigenvalue weighted by Crippen LogP contribution is 2.50. The number of hydrogen-bond donors (Lipinski definition) is 0. The van der Waals surface area contributed by atoms with Crippen LogP contribution in [0.2, 0.25) is 0 Å². The molecule has 1 aromatic carbocycles. The van der Waals surface area contributed by atoms with Crippen molar-refractivity contribution in [3.8, 4) is 0 Å². The van der Waals surface area contributed by atoms with Gasteiger partial charge in [-0.2, -0.15) is 4.31 Å². The number of fused-ring (bicyclic) bond motifs is 2. The van der Waals surface area contributed by atoms with Crippen LogP contribution in [0.5, 0.6) is 0 Å². The fourth-order valence-electron chi connectivity index (χ4n) is 4.52. The Kier molecular flexibility index (Phi) is 4.41. The van der Waals surface area contributed by atoms with Gasteiger partial charge in [0.15, 0.2) is 0 Å². The van der Waals surface area contributed by atoms with Crippen LogP contribution in [-0.4, -0.2) is 46.6 Å². The second-order valence-corrected chi connectivity index (χ2v) is 9.45. The summed E-state index contributed by atoms with van der Waals surface area (Å²) in [5, 5.41) is 0. The topological polar surface area (TPSA) is 83.5 Å². The minimum Gasteiger partial charge on any atom is -0.336 e. The van der Waals surface area contributed by atoms with Gasteiger partial charge in [-0.1, -0.05) is 24.3 Å². The number of sulfonamides is 1. The first kappa shape index (κ1) is 18.9. The van der Waals surface area contributed by atoms with E-state index in [0.717, 1.165) is 11.1 Å². The van der Waals surface area contributed by atoms with Gasteiger partial charge in [0.25, 0.3) is 5.91 Å². The summed E-state index contributed by atoms with van der Waals surface area (Å²) in [7, 11) is -3.69. The van der Waals surface area contributed by atoms with Crippen molar-refractivity contribution >= 4 is 15.9 Å². The summed E-state index contributed by atoms with van der Waals surface area (Å²) in [4.78, 5) is 23.2. The Balaban J connectivity index is 1.57. The normalized spacial score (nSPS) is 22.3. The molecular formula is C22H20N4O3S. The van der Waals surface area contributed by atoms with E-state index in [4.69, 9.17) is 0 Å². The van der Waals surface area contributed by atoms with E-state index in [9.17, 15) is 13.2 Å². The lowest BCUT2D eigenvalue weighted by molar-refractivity contribution is 0.0762. The van der Waals surface area contributed by atoms with Gasteiger partial charge in [-0.25, -0.2) is 8.42 Å². The van der Waals surface area contributed by atoms with Gasteiger partial charge in [-0.05, 0) is 41.8 Å². The van der Waals surface area contributed by atoms with E-state index in [1.54, 1.807) is 64.3 Å². The summed E-state index contributed by atoms with van der Waals surface area (Å²) in [6, 6.07) is 14.2. The Labute approximate surface area is 175 Å². The van der Waals surface area contributed by atoms with Gasteiger partial charge in [-0.3, -0.25) is 14.8 Å². The second kappa shape index (κ2) is 7.00. The Morgan fingerprint density at radius 1 is 1.00 bits per heavy atom. The number of nitrogens with zero attached hydrogens (tertiary/aromatic N) is 4. The van der Waals surface area contributed by atoms with Crippen molar-refractivity contribution in [1.82, 2.24) is 19.2 Å². The largest absolute Gasteiger partial charge is 0.336 e. The molecule has 5 rings (SSSR count). The van der Waals surface area contributed by atoms with E-state index in [1.165, 1.54) is 0 Å². The number of hydrogen-bond acceptors (Lipinski definition) is 5. The average molecular weight is 420 g/mol. The standard InChI is InChI=1S/C22H20N4O3S/c27-21(18-6-4-11-24-14-18)25-12-9-22(16-25)19-7-1-2-8-20(19)30(28,29)26(22)15-17-5-3-10-23-13-17/h1-8,10-11,13-14H,9,12,15-16H2. The molecule has 4 heterocycles. The summed E-state index contributed by atoms with van der Waals surface area (Å²) >= 11 is 0. The van der Waals surface area contributed by atoms with Crippen molar-refractivity contribution < 1.29 is 13.2 Å². The zero-order valence-electron chi connectivity index (χ0n) is 16.2. The van der Waals surface area contributed by atoms with E-state index >= 15 is 0 Å². The number of pyridine rings is 2. The first-order valence-electron chi connectivity index (χ1n) is 9.73. The molecule has 0 radical (unpaired) electrons. The zero-order chi connectivity index (χ0) is 20.8. The molecule has 2 aromatic heterocycles. The minimum absolute atomic E-state index is 0.136. The molecule has 30 heavy (non-hydrogen) atoms. The van der Waals surface area contributed by atoms with Gasteiger partial charge in [0, 0.05) is 44.4 Å². The monoisotopic (exact) mass is 420 g/mol. The Morgan fingerprint density at radius 2 is 1.77 bits per heavy atom. The minimum atomic E-state index is -3.69. The second-order valence-electron chi connectivity index (χ2n) is 7.62. The van der Waals surface area contributed by atoms with Gasteiger partial charge in [0.05, 0.1) is 16.0 Å². The van der Waals surface area contributed by atoms with Crippen LogP contribution in [0.25, 0.3) is 0 Å². The highest BCUT2D eigenvalue weighted by Gasteiger charge is 2.57. The molecule has 0 saturated carbocycles. The van der Waals surface area contributed by atoms with Crippen molar-refractivity contribution in [2.24, 2.45) is 0 Å². The molecule has 1 amide bonds. The fraction of sp³-hybridized carbons (Fsp3) is 0.227. The average Bonchev–Trinajstić information content (AvgIpc) is 3.30. The van der Waals surface area contributed by atoms with Crippen molar-refractivity contribution in [3.63, 3.8) is 0 Å². The van der Waals surface area contributed by atoms with Gasteiger partial charge in [0.2, 0.25) is 10.0 Å². The predicted octanol–water partition coefficient (Wildman–Crippen LogP) is 2.42. The summed E-state index contributed by atoms with van der Waals surface area (Å²) in [5.41, 5.74) is 1.28. The maximum atomic E-state index is 13.5. The molecule has 0 aliphatic carbocycles. The number of carbonyl (C=O) groups is 1. The third-order valence-electron chi connectivity index (χ3n) is 5.93. The molecule has 152 valence electrons. The molecule has 1 fully saturated rings. The Hall–Kier alpha value is -3.10. The van der Waals surface area contributed by atoms with Crippen LogP contribution in [0.3, 0.4) is 0 Å². The van der Waals surface area contributed by atoms with Crippen molar-refractivity contribution in [2.45, 2.75) is 23.4 Å². The lowest BCUT2D eigenvalue weighted by atomic mass is 9.88. The van der Waals surface area contributed by atoms with Crippen LogP contribution in [0.4, 0.5) is 0 Å². The lowest BCUT2D eigenvalue weighted by Crippen LogP contribution is -2.46. The molecule has 3 aromatic rings. The van der Waals surface area contributed by atoms with Crippen molar-refractivity contribution in [3.05, 3.63) is 90.0 Å². The Morgan fingerprint density at radius 3 is 2.50 bits per heavy atom. The number of amides is 1. The molecule has 1 spiro atoms. The third kappa shape index (κ3) is 2.83. The molecule has 0 N–H and O–H groups in total. The summed E-state index contributed by atoms with van der Waals surface area (Å²) in [6.45, 7) is 0.984. The molecule has 1 saturated heterocycles. The van der Waals surface area contributed by atoms with E-state index in [0.29, 0.717) is 30.0 Å². The van der Waals surface area contributed by atoms with E-state index in [1.807, 2.05) is 18.2 Å².